The van der Waals surface area contributed by atoms with Crippen LogP contribution in [0.5, 0.6) is 0 Å². The van der Waals surface area contributed by atoms with Gasteiger partial charge in [0.05, 0.1) is 6.10 Å². The van der Waals surface area contributed by atoms with Crippen LogP contribution in [0, 0.1) is 0 Å². The van der Waals surface area contributed by atoms with Crippen molar-refractivity contribution in [3.8, 4) is 0 Å². The smallest absolute Gasteiger partial charge is 0.0570 e. The minimum Gasteiger partial charge on any atom is -0.393 e. The largest absolute Gasteiger partial charge is 0.393 e. The molecule has 1 fully saturated rings. The molecule has 1 unspecified atom stereocenters. The van der Waals surface area contributed by atoms with E-state index in [1.807, 2.05) is 0 Å². The van der Waals surface area contributed by atoms with Crippen LogP contribution in [0.15, 0.2) is 0 Å². The maximum atomic E-state index is 9.14. The minimum atomic E-state index is -0.0267. The average molecular weight is 185 g/mol. The molecule has 0 saturated heterocycles. The number of aliphatic hydroxyl groups is 1. The molecule has 1 aliphatic rings. The Kier molecular flexibility index (Phi) is 4.74. The van der Waals surface area contributed by atoms with Crippen molar-refractivity contribution in [3.63, 3.8) is 0 Å². The number of aliphatic hydroxyl groups excluding tert-OH is 1. The van der Waals surface area contributed by atoms with Crippen LogP contribution in [-0.4, -0.2) is 23.3 Å². The Balaban J connectivity index is 2.09. The van der Waals surface area contributed by atoms with Gasteiger partial charge in [0.25, 0.3) is 0 Å². The summed E-state index contributed by atoms with van der Waals surface area (Å²) in [6.07, 6.45) is 7.00. The number of nitrogens with one attached hydrogen (secondary N) is 1. The lowest BCUT2D eigenvalue weighted by Gasteiger charge is -2.35. The van der Waals surface area contributed by atoms with Gasteiger partial charge in [0, 0.05) is 12.1 Å². The first kappa shape index (κ1) is 11.0. The van der Waals surface area contributed by atoms with Crippen molar-refractivity contribution >= 4 is 0 Å². The molecule has 0 aromatic rings. The summed E-state index contributed by atoms with van der Waals surface area (Å²) in [6.45, 7) is 4.47. The Bertz CT molecular complexity index is 132. The topological polar surface area (TPSA) is 32.3 Å². The summed E-state index contributed by atoms with van der Waals surface area (Å²) in [4.78, 5) is 0. The summed E-state index contributed by atoms with van der Waals surface area (Å²) >= 11 is 0. The van der Waals surface area contributed by atoms with Crippen LogP contribution in [0.3, 0.4) is 0 Å². The van der Waals surface area contributed by atoms with E-state index in [0.29, 0.717) is 12.1 Å². The van der Waals surface area contributed by atoms with Gasteiger partial charge in [-0.15, -0.1) is 0 Å². The Morgan fingerprint density at radius 1 is 1.38 bits per heavy atom. The van der Waals surface area contributed by atoms with Gasteiger partial charge >= 0.3 is 0 Å². The van der Waals surface area contributed by atoms with E-state index in [9.17, 15) is 0 Å². The Morgan fingerprint density at radius 2 is 2.08 bits per heavy atom. The summed E-state index contributed by atoms with van der Waals surface area (Å²) < 4.78 is 0. The van der Waals surface area contributed by atoms with Gasteiger partial charge in [-0.1, -0.05) is 26.7 Å². The summed E-state index contributed by atoms with van der Waals surface area (Å²) in [7, 11) is 0. The number of hydrogen-bond acceptors (Lipinski definition) is 2. The first-order valence-corrected chi connectivity index (χ1v) is 5.70. The molecule has 78 valence electrons. The molecule has 1 saturated carbocycles. The maximum absolute atomic E-state index is 9.14. The van der Waals surface area contributed by atoms with E-state index in [1.165, 1.54) is 25.7 Å². The second-order valence-corrected chi connectivity index (χ2v) is 4.24. The highest BCUT2D eigenvalue weighted by Crippen LogP contribution is 2.21. The molecule has 0 aliphatic heterocycles. The van der Waals surface area contributed by atoms with E-state index < -0.39 is 0 Å². The molecule has 0 spiro atoms. The van der Waals surface area contributed by atoms with Gasteiger partial charge in [-0.05, 0) is 25.7 Å². The third-order valence-electron chi connectivity index (χ3n) is 2.98. The van der Waals surface area contributed by atoms with E-state index in [0.717, 1.165) is 12.8 Å². The monoisotopic (exact) mass is 185 g/mol. The molecule has 1 atom stereocenters. The third kappa shape index (κ3) is 3.65. The van der Waals surface area contributed by atoms with Crippen molar-refractivity contribution in [2.45, 2.75) is 70.6 Å². The molecule has 0 amide bonds. The van der Waals surface area contributed by atoms with Crippen molar-refractivity contribution < 1.29 is 5.11 Å². The van der Waals surface area contributed by atoms with Crippen molar-refractivity contribution in [1.29, 1.82) is 0 Å². The van der Waals surface area contributed by atoms with Gasteiger partial charge in [-0.25, -0.2) is 0 Å². The molecular formula is C11H23NO. The van der Waals surface area contributed by atoms with Crippen molar-refractivity contribution in [2.24, 2.45) is 0 Å². The zero-order valence-corrected chi connectivity index (χ0v) is 8.92. The van der Waals surface area contributed by atoms with Crippen LogP contribution in [0.2, 0.25) is 0 Å². The fourth-order valence-electron chi connectivity index (χ4n) is 1.91. The van der Waals surface area contributed by atoms with Gasteiger partial charge in [-0.3, -0.25) is 0 Å². The van der Waals surface area contributed by atoms with Crippen molar-refractivity contribution in [1.82, 2.24) is 5.32 Å². The lowest BCUT2D eigenvalue weighted by atomic mass is 9.88. The van der Waals surface area contributed by atoms with Crippen molar-refractivity contribution in [3.05, 3.63) is 0 Å². The Hall–Kier alpha value is -0.0800. The normalized spacial score (nSPS) is 29.8. The van der Waals surface area contributed by atoms with Gasteiger partial charge < -0.3 is 10.4 Å². The molecule has 0 heterocycles. The van der Waals surface area contributed by atoms with Crippen LogP contribution >= 0.6 is 0 Å². The molecule has 2 N–H and O–H groups in total. The average Bonchev–Trinajstić information content (AvgIpc) is 2.08. The predicted molar refractivity (Wildman–Crippen MR) is 55.8 cm³/mol. The number of hydrogen-bond donors (Lipinski definition) is 2. The molecule has 13 heavy (non-hydrogen) atoms. The highest BCUT2D eigenvalue weighted by Gasteiger charge is 2.28. The first-order valence-electron chi connectivity index (χ1n) is 5.70. The molecule has 1 aliphatic carbocycles. The molecule has 2 nitrogen and oxygen atoms in total. The molecule has 2 heteroatoms. The van der Waals surface area contributed by atoms with Crippen LogP contribution < -0.4 is 5.32 Å². The Labute approximate surface area is 81.7 Å². The number of rotatable bonds is 6. The fourth-order valence-corrected chi connectivity index (χ4v) is 1.91. The molecule has 0 radical (unpaired) electrons. The SMILES string of the molecule is CCCCC(CC)NC1CC(O)C1. The Morgan fingerprint density at radius 3 is 2.54 bits per heavy atom. The lowest BCUT2D eigenvalue weighted by Crippen LogP contribution is -2.48. The fraction of sp³-hybridized carbons (Fsp3) is 1.00. The highest BCUT2D eigenvalue weighted by molar-refractivity contribution is 4.86. The maximum Gasteiger partial charge on any atom is 0.0570 e. The van der Waals surface area contributed by atoms with Crippen LogP contribution in [0.4, 0.5) is 0 Å². The second-order valence-electron chi connectivity index (χ2n) is 4.24. The van der Waals surface area contributed by atoms with E-state index in [1.54, 1.807) is 0 Å². The minimum absolute atomic E-state index is 0.0267. The highest BCUT2D eigenvalue weighted by atomic mass is 16.3. The van der Waals surface area contributed by atoms with Crippen molar-refractivity contribution in [2.75, 3.05) is 0 Å². The van der Waals surface area contributed by atoms with E-state index in [4.69, 9.17) is 5.11 Å². The van der Waals surface area contributed by atoms with E-state index in [2.05, 4.69) is 19.2 Å². The van der Waals surface area contributed by atoms with Gasteiger partial charge in [0.2, 0.25) is 0 Å². The molecule has 0 bridgehead atoms. The predicted octanol–water partition coefficient (Wildman–Crippen LogP) is 2.07. The molecule has 1 rings (SSSR count). The van der Waals surface area contributed by atoms with Gasteiger partial charge in [0.15, 0.2) is 0 Å². The molecule has 0 aromatic heterocycles. The lowest BCUT2D eigenvalue weighted by molar-refractivity contribution is 0.0568. The zero-order valence-electron chi connectivity index (χ0n) is 8.92. The molecule has 0 aromatic carbocycles. The summed E-state index contributed by atoms with van der Waals surface area (Å²) in [5.41, 5.74) is 0. The molecular weight excluding hydrogens is 162 g/mol. The van der Waals surface area contributed by atoms with Crippen LogP contribution in [-0.2, 0) is 0 Å². The quantitative estimate of drug-likeness (QED) is 0.664. The standard InChI is InChI=1S/C11H23NO/c1-3-5-6-9(4-2)12-10-7-11(13)8-10/h9-13H,3-8H2,1-2H3. The van der Waals surface area contributed by atoms with Gasteiger partial charge in [-0.2, -0.15) is 0 Å². The number of unbranched alkanes of at least 4 members (excludes halogenated alkanes) is 1. The second kappa shape index (κ2) is 5.61. The summed E-state index contributed by atoms with van der Waals surface area (Å²) in [5, 5.41) is 12.7. The first-order chi connectivity index (χ1) is 6.26. The van der Waals surface area contributed by atoms with Crippen LogP contribution in [0.25, 0.3) is 0 Å². The van der Waals surface area contributed by atoms with Crippen LogP contribution in [0.1, 0.15) is 52.4 Å². The van der Waals surface area contributed by atoms with E-state index >= 15 is 0 Å². The summed E-state index contributed by atoms with van der Waals surface area (Å²) in [6, 6.07) is 1.27. The van der Waals surface area contributed by atoms with E-state index in [-0.39, 0.29) is 6.10 Å². The zero-order chi connectivity index (χ0) is 9.68. The summed E-state index contributed by atoms with van der Waals surface area (Å²) in [5.74, 6) is 0. The third-order valence-corrected chi connectivity index (χ3v) is 2.98. The van der Waals surface area contributed by atoms with Gasteiger partial charge in [0.1, 0.15) is 0 Å².